The van der Waals surface area contributed by atoms with Crippen LogP contribution in [0.5, 0.6) is 0 Å². The van der Waals surface area contributed by atoms with Crippen molar-refractivity contribution in [2.75, 3.05) is 6.61 Å². The third-order valence-corrected chi connectivity index (χ3v) is 3.08. The summed E-state index contributed by atoms with van der Waals surface area (Å²) in [4.78, 5) is 11.0. The predicted octanol–water partition coefficient (Wildman–Crippen LogP) is -2.06. The normalized spacial score (nSPS) is 39.9. The zero-order chi connectivity index (χ0) is 13.2. The first-order valence-corrected chi connectivity index (χ1v) is 5.47. The topological polar surface area (TPSA) is 127 Å². The molecule has 1 heterocycles. The lowest BCUT2D eigenvalue weighted by Gasteiger charge is -2.41. The number of ether oxygens (including phenoxy) is 1. The van der Waals surface area contributed by atoms with Gasteiger partial charge >= 0.3 is 5.97 Å². The van der Waals surface area contributed by atoms with E-state index < -0.39 is 49.0 Å². The van der Waals surface area contributed by atoms with E-state index in [-0.39, 0.29) is 6.42 Å². The van der Waals surface area contributed by atoms with E-state index in [9.17, 15) is 20.1 Å². The van der Waals surface area contributed by atoms with Crippen molar-refractivity contribution in [3.05, 3.63) is 0 Å². The van der Waals surface area contributed by atoms with Gasteiger partial charge in [0.05, 0.1) is 18.6 Å². The molecule has 0 aromatic carbocycles. The molecule has 7 heteroatoms. The first kappa shape index (κ1) is 14.3. The number of hydrogen-bond donors (Lipinski definition) is 5. The number of aliphatic hydroxyl groups is 4. The van der Waals surface area contributed by atoms with E-state index in [2.05, 4.69) is 0 Å². The van der Waals surface area contributed by atoms with Crippen molar-refractivity contribution in [3.63, 3.8) is 0 Å². The van der Waals surface area contributed by atoms with Gasteiger partial charge < -0.3 is 30.3 Å². The molecule has 1 rings (SSSR count). The molecule has 0 saturated carbocycles. The molecule has 0 aromatic rings. The Morgan fingerprint density at radius 1 is 1.24 bits per heavy atom. The maximum Gasteiger partial charge on any atom is 0.309 e. The van der Waals surface area contributed by atoms with Gasteiger partial charge in [0.25, 0.3) is 0 Å². The van der Waals surface area contributed by atoms with Gasteiger partial charge in [0.15, 0.2) is 0 Å². The number of rotatable bonds is 4. The van der Waals surface area contributed by atoms with E-state index in [0.29, 0.717) is 0 Å². The predicted molar refractivity (Wildman–Crippen MR) is 55.2 cm³/mol. The Hall–Kier alpha value is -0.730. The van der Waals surface area contributed by atoms with Crippen molar-refractivity contribution in [1.29, 1.82) is 0 Å². The minimum atomic E-state index is -1.53. The Morgan fingerprint density at radius 3 is 2.24 bits per heavy atom. The van der Waals surface area contributed by atoms with Gasteiger partial charge in [-0.15, -0.1) is 0 Å². The lowest BCUT2D eigenvalue weighted by molar-refractivity contribution is -0.242. The standard InChI is InChI=1S/C10H18O7/c1-2-4(10(15)16)9-8(14)7(13)6(12)5(3-11)17-9/h4-9,11-14H,2-3H2,1H3,(H,15,16)/t4?,5-,6+,7+,8-,9+/m1/s1. The van der Waals surface area contributed by atoms with Crippen molar-refractivity contribution in [3.8, 4) is 0 Å². The minimum absolute atomic E-state index is 0.206. The number of carboxylic acid groups (broad SMARTS) is 1. The Balaban J connectivity index is 2.87. The third kappa shape index (κ3) is 2.75. The van der Waals surface area contributed by atoms with Crippen molar-refractivity contribution >= 4 is 5.97 Å². The molecule has 1 saturated heterocycles. The van der Waals surface area contributed by atoms with Gasteiger partial charge in [-0.3, -0.25) is 4.79 Å². The lowest BCUT2D eigenvalue weighted by Crippen LogP contribution is -2.61. The maximum absolute atomic E-state index is 11.0. The summed E-state index contributed by atoms with van der Waals surface area (Å²) in [6.07, 6.45) is -6.48. The van der Waals surface area contributed by atoms with Crippen LogP contribution in [0.3, 0.4) is 0 Å². The number of aliphatic hydroxyl groups excluding tert-OH is 4. The van der Waals surface area contributed by atoms with E-state index >= 15 is 0 Å². The van der Waals surface area contributed by atoms with E-state index in [0.717, 1.165) is 0 Å². The average molecular weight is 250 g/mol. The molecule has 0 radical (unpaired) electrons. The quantitative estimate of drug-likeness (QED) is 0.388. The lowest BCUT2D eigenvalue weighted by atomic mass is 9.86. The van der Waals surface area contributed by atoms with Crippen LogP contribution in [0.25, 0.3) is 0 Å². The summed E-state index contributed by atoms with van der Waals surface area (Å²) in [7, 11) is 0. The largest absolute Gasteiger partial charge is 0.481 e. The number of carboxylic acids is 1. The third-order valence-electron chi connectivity index (χ3n) is 3.08. The average Bonchev–Trinajstić information content (AvgIpc) is 2.29. The maximum atomic E-state index is 11.0. The van der Waals surface area contributed by atoms with Gasteiger partial charge in [-0.1, -0.05) is 6.92 Å². The van der Waals surface area contributed by atoms with Gasteiger partial charge in [0.2, 0.25) is 0 Å². The van der Waals surface area contributed by atoms with Gasteiger partial charge in [-0.25, -0.2) is 0 Å². The molecule has 0 aliphatic carbocycles. The smallest absolute Gasteiger partial charge is 0.309 e. The molecule has 6 atom stereocenters. The number of carbonyl (C=O) groups is 1. The fourth-order valence-corrected chi connectivity index (χ4v) is 2.01. The Labute approximate surface area is 98.3 Å². The summed E-state index contributed by atoms with van der Waals surface area (Å²) < 4.78 is 5.15. The highest BCUT2D eigenvalue weighted by Gasteiger charge is 2.47. The molecule has 5 N–H and O–H groups in total. The Morgan fingerprint density at radius 2 is 1.82 bits per heavy atom. The highest BCUT2D eigenvalue weighted by molar-refractivity contribution is 5.70. The van der Waals surface area contributed by atoms with Gasteiger partial charge in [0.1, 0.15) is 24.4 Å². The van der Waals surface area contributed by atoms with Crippen LogP contribution in [-0.2, 0) is 9.53 Å². The molecule has 0 spiro atoms. The van der Waals surface area contributed by atoms with Gasteiger partial charge in [0, 0.05) is 0 Å². The molecule has 1 unspecified atom stereocenters. The van der Waals surface area contributed by atoms with Crippen LogP contribution in [0.15, 0.2) is 0 Å². The molecule has 17 heavy (non-hydrogen) atoms. The molecule has 0 amide bonds. The van der Waals surface area contributed by atoms with Crippen LogP contribution in [0.1, 0.15) is 13.3 Å². The zero-order valence-electron chi connectivity index (χ0n) is 9.43. The van der Waals surface area contributed by atoms with Gasteiger partial charge in [-0.2, -0.15) is 0 Å². The second kappa shape index (κ2) is 5.74. The van der Waals surface area contributed by atoms with Crippen molar-refractivity contribution in [2.45, 2.75) is 43.9 Å². The molecule has 7 nitrogen and oxygen atoms in total. The molecular weight excluding hydrogens is 232 g/mol. The van der Waals surface area contributed by atoms with Crippen molar-refractivity contribution in [2.24, 2.45) is 5.92 Å². The van der Waals surface area contributed by atoms with E-state index in [4.69, 9.17) is 14.9 Å². The van der Waals surface area contributed by atoms with Crippen LogP contribution < -0.4 is 0 Å². The molecule has 0 aromatic heterocycles. The van der Waals surface area contributed by atoms with E-state index in [1.807, 2.05) is 0 Å². The molecule has 1 aliphatic heterocycles. The molecule has 1 fully saturated rings. The fraction of sp³-hybridized carbons (Fsp3) is 0.900. The number of hydrogen-bond acceptors (Lipinski definition) is 6. The summed E-state index contributed by atoms with van der Waals surface area (Å²) in [5, 5.41) is 46.6. The van der Waals surface area contributed by atoms with Crippen LogP contribution >= 0.6 is 0 Å². The molecular formula is C10H18O7. The first-order chi connectivity index (χ1) is 7.93. The number of aliphatic carboxylic acids is 1. The summed E-state index contributed by atoms with van der Waals surface area (Å²) in [5.74, 6) is -2.15. The molecule has 0 bridgehead atoms. The van der Waals surface area contributed by atoms with Crippen LogP contribution in [-0.4, -0.2) is 68.6 Å². The Kier molecular flexibility index (Phi) is 4.84. The second-order valence-electron chi connectivity index (χ2n) is 4.15. The minimum Gasteiger partial charge on any atom is -0.481 e. The van der Waals surface area contributed by atoms with Crippen LogP contribution in [0, 0.1) is 5.92 Å². The first-order valence-electron chi connectivity index (χ1n) is 5.47. The van der Waals surface area contributed by atoms with E-state index in [1.54, 1.807) is 6.92 Å². The summed E-state index contributed by atoms with van der Waals surface area (Å²) >= 11 is 0. The summed E-state index contributed by atoms with van der Waals surface area (Å²) in [5.41, 5.74) is 0. The summed E-state index contributed by atoms with van der Waals surface area (Å²) in [6, 6.07) is 0. The van der Waals surface area contributed by atoms with Crippen molar-refractivity contribution in [1.82, 2.24) is 0 Å². The van der Waals surface area contributed by atoms with Gasteiger partial charge in [-0.05, 0) is 6.42 Å². The zero-order valence-corrected chi connectivity index (χ0v) is 9.43. The SMILES string of the molecule is CCC(C(=O)O)[C@@H]1O[C@H](CO)[C@H](O)[C@H](O)[C@H]1O. The molecule has 1 aliphatic rings. The van der Waals surface area contributed by atoms with Crippen LogP contribution in [0.4, 0.5) is 0 Å². The van der Waals surface area contributed by atoms with Crippen LogP contribution in [0.2, 0.25) is 0 Å². The highest BCUT2D eigenvalue weighted by atomic mass is 16.5. The molecule has 100 valence electrons. The summed E-state index contributed by atoms with van der Waals surface area (Å²) in [6.45, 7) is 1.05. The second-order valence-corrected chi connectivity index (χ2v) is 4.15. The highest BCUT2D eigenvalue weighted by Crippen LogP contribution is 2.27. The fourth-order valence-electron chi connectivity index (χ4n) is 2.01. The van der Waals surface area contributed by atoms with E-state index in [1.165, 1.54) is 0 Å². The monoisotopic (exact) mass is 250 g/mol. The van der Waals surface area contributed by atoms with Crippen molar-refractivity contribution < 1.29 is 35.1 Å². The Bertz CT molecular complexity index is 267.